The lowest BCUT2D eigenvalue weighted by Gasteiger charge is -2.35. The third-order valence-corrected chi connectivity index (χ3v) is 8.68. The summed E-state index contributed by atoms with van der Waals surface area (Å²) in [6, 6.07) is 31.1. The molecule has 1 fully saturated rings. The van der Waals surface area contributed by atoms with Crippen LogP contribution < -0.4 is 15.2 Å². The van der Waals surface area contributed by atoms with Crippen LogP contribution in [0.25, 0.3) is 28.1 Å². The standard InChI is InChI=1S/C34H35IN7O/c1-3-39(4-2)29-15-17-31-33(23-29)42(28-8-6-5-7-9-28)32-22-26(12-16-30(32)36-31)38-37-25-10-13-27(14-11-25)40-18-20-41(21-19-40)34(43)24-35/h5-17,22-23H,3-4,18-21,24H2,1-2H3/q+1. The molecular weight excluding hydrogens is 649 g/mol. The van der Waals surface area contributed by atoms with Crippen molar-refractivity contribution in [3.63, 3.8) is 0 Å². The molecule has 2 aliphatic heterocycles. The first-order valence-corrected chi connectivity index (χ1v) is 16.3. The van der Waals surface area contributed by atoms with Crippen LogP contribution >= 0.6 is 22.6 Å². The first-order chi connectivity index (χ1) is 21.1. The minimum atomic E-state index is 0.215. The van der Waals surface area contributed by atoms with Crippen molar-refractivity contribution in [1.29, 1.82) is 0 Å². The summed E-state index contributed by atoms with van der Waals surface area (Å²) in [4.78, 5) is 28.2. The Bertz CT molecular complexity index is 1800. The molecule has 0 N–H and O–H groups in total. The zero-order chi connectivity index (χ0) is 29.8. The normalized spacial score (nSPS) is 13.3. The average molecular weight is 685 g/mol. The van der Waals surface area contributed by atoms with Gasteiger partial charge >= 0.3 is 5.36 Å². The van der Waals surface area contributed by atoms with Crippen molar-refractivity contribution in [2.45, 2.75) is 13.8 Å². The Hall–Kier alpha value is -4.21. The van der Waals surface area contributed by atoms with Crippen LogP contribution in [0.5, 0.6) is 0 Å². The fraction of sp³-hybridized carbons (Fsp3) is 0.265. The molecule has 0 atom stereocenters. The van der Waals surface area contributed by atoms with Gasteiger partial charge in [-0.15, -0.1) is 0 Å². The maximum Gasteiger partial charge on any atom is 0.367 e. The van der Waals surface area contributed by atoms with E-state index in [0.717, 1.165) is 84.1 Å². The monoisotopic (exact) mass is 684 g/mol. The first kappa shape index (κ1) is 28.9. The molecule has 0 radical (unpaired) electrons. The number of para-hydroxylation sites is 1. The van der Waals surface area contributed by atoms with Crippen LogP contribution in [0.1, 0.15) is 13.8 Å². The Morgan fingerprint density at radius 1 is 0.884 bits per heavy atom. The van der Waals surface area contributed by atoms with Gasteiger partial charge in [0.2, 0.25) is 5.91 Å². The third-order valence-electron chi connectivity index (χ3n) is 8.03. The van der Waals surface area contributed by atoms with E-state index in [0.29, 0.717) is 4.43 Å². The minimum absolute atomic E-state index is 0.215. The molecule has 2 heterocycles. The van der Waals surface area contributed by atoms with E-state index in [1.54, 1.807) is 0 Å². The van der Waals surface area contributed by atoms with Crippen molar-refractivity contribution in [2.75, 3.05) is 53.5 Å². The van der Waals surface area contributed by atoms with E-state index in [1.807, 2.05) is 35.2 Å². The highest BCUT2D eigenvalue weighted by molar-refractivity contribution is 14.1. The van der Waals surface area contributed by atoms with Gasteiger partial charge in [-0.25, -0.2) is 4.98 Å². The van der Waals surface area contributed by atoms with E-state index in [2.05, 4.69) is 121 Å². The van der Waals surface area contributed by atoms with Crippen LogP contribution in [0, 0.1) is 0 Å². The van der Waals surface area contributed by atoms with Gasteiger partial charge < -0.3 is 19.3 Å². The van der Waals surface area contributed by atoms with Crippen molar-refractivity contribution < 1.29 is 9.58 Å². The Morgan fingerprint density at radius 2 is 1.63 bits per heavy atom. The molecule has 218 valence electrons. The average Bonchev–Trinajstić information content (AvgIpc) is 3.07. The van der Waals surface area contributed by atoms with Crippen molar-refractivity contribution in [3.8, 4) is 17.1 Å². The van der Waals surface area contributed by atoms with Crippen LogP contribution in [0.2, 0.25) is 0 Å². The molecule has 0 saturated carbocycles. The number of piperazine rings is 1. The Labute approximate surface area is 265 Å². The van der Waals surface area contributed by atoms with Crippen LogP contribution in [-0.2, 0) is 4.79 Å². The smallest absolute Gasteiger partial charge is 0.367 e. The van der Waals surface area contributed by atoms with Crippen LogP contribution in [0.15, 0.2) is 96.1 Å². The van der Waals surface area contributed by atoms with Gasteiger partial charge in [0.05, 0.1) is 37.7 Å². The number of hydrogen-bond donors (Lipinski definition) is 0. The number of rotatable bonds is 7. The molecule has 1 aliphatic carbocycles. The van der Waals surface area contributed by atoms with Crippen molar-refractivity contribution in [1.82, 2.24) is 14.5 Å². The highest BCUT2D eigenvalue weighted by atomic mass is 127. The summed E-state index contributed by atoms with van der Waals surface area (Å²) >= 11 is 2.14. The molecule has 0 unspecified atom stereocenters. The highest BCUT2D eigenvalue weighted by Crippen LogP contribution is 2.30. The molecule has 9 heteroatoms. The number of benzene rings is 4. The molecule has 0 bridgehead atoms. The molecule has 3 aliphatic rings. The van der Waals surface area contributed by atoms with Crippen molar-refractivity contribution >= 4 is 56.6 Å². The minimum Gasteiger partial charge on any atom is -0.372 e. The number of halogens is 1. The first-order valence-electron chi connectivity index (χ1n) is 14.8. The number of nitrogens with zero attached hydrogens (tertiary/aromatic N) is 7. The van der Waals surface area contributed by atoms with Crippen LogP contribution in [-0.4, -0.2) is 68.8 Å². The molecule has 6 rings (SSSR count). The van der Waals surface area contributed by atoms with Crippen molar-refractivity contribution in [3.05, 3.63) is 96.4 Å². The number of carbonyl (C=O) groups is 1. The fourth-order valence-electron chi connectivity index (χ4n) is 5.68. The lowest BCUT2D eigenvalue weighted by molar-refractivity contribution is -0.132. The van der Waals surface area contributed by atoms with E-state index in [1.165, 1.54) is 5.69 Å². The summed E-state index contributed by atoms with van der Waals surface area (Å²) in [5.74, 6) is 0.215. The number of hydrogen-bond acceptors (Lipinski definition) is 5. The molecular formula is C34H35IN7O+. The van der Waals surface area contributed by atoms with Crippen LogP contribution in [0.4, 0.5) is 17.1 Å². The van der Waals surface area contributed by atoms with Gasteiger partial charge in [-0.05, 0) is 74.5 Å². The largest absolute Gasteiger partial charge is 0.372 e. The quantitative estimate of drug-likeness (QED) is 0.0699. The van der Waals surface area contributed by atoms with Gasteiger partial charge in [0.25, 0.3) is 0 Å². The predicted octanol–water partition coefficient (Wildman–Crippen LogP) is 5.95. The van der Waals surface area contributed by atoms with E-state index in [4.69, 9.17) is 4.98 Å². The molecule has 43 heavy (non-hydrogen) atoms. The van der Waals surface area contributed by atoms with Gasteiger partial charge in [0.15, 0.2) is 0 Å². The lowest BCUT2D eigenvalue weighted by Crippen LogP contribution is -2.49. The maximum absolute atomic E-state index is 12.0. The summed E-state index contributed by atoms with van der Waals surface area (Å²) < 4.78 is 2.80. The topological polar surface area (TPSA) is 71.1 Å². The van der Waals surface area contributed by atoms with Gasteiger partial charge in [0.1, 0.15) is 10.8 Å². The number of alkyl halides is 1. The number of carbonyl (C=O) groups excluding carboxylic acids is 1. The summed E-state index contributed by atoms with van der Waals surface area (Å²) in [5, 5.41) is 5.32. The zero-order valence-corrected chi connectivity index (χ0v) is 26.7. The van der Waals surface area contributed by atoms with E-state index in [-0.39, 0.29) is 5.91 Å². The molecule has 8 nitrogen and oxygen atoms in total. The molecule has 0 spiro atoms. The number of aromatic nitrogens is 2. The number of fused-ring (bicyclic) bond motifs is 2. The SMILES string of the molecule is CCN(CC)c1ccc2nc3ccc(=[N+]=Nc4ccc(N5CCN(C(=O)CI)CC5)cc4)cc-3n(-c3ccccc3)c2c1. The Kier molecular flexibility index (Phi) is 8.72. The van der Waals surface area contributed by atoms with E-state index in [9.17, 15) is 4.79 Å². The van der Waals surface area contributed by atoms with E-state index < -0.39 is 0 Å². The summed E-state index contributed by atoms with van der Waals surface area (Å²) in [5.41, 5.74) is 8.04. The molecule has 3 aromatic rings. The summed E-state index contributed by atoms with van der Waals surface area (Å²) in [7, 11) is 0. The molecule has 1 amide bonds. The number of amides is 1. The van der Waals surface area contributed by atoms with Crippen molar-refractivity contribution in [2.24, 2.45) is 5.11 Å². The van der Waals surface area contributed by atoms with Crippen LogP contribution in [0.3, 0.4) is 0 Å². The maximum atomic E-state index is 12.0. The third kappa shape index (κ3) is 6.14. The second kappa shape index (κ2) is 13.0. The second-order valence-electron chi connectivity index (χ2n) is 10.5. The highest BCUT2D eigenvalue weighted by Gasteiger charge is 2.21. The predicted molar refractivity (Wildman–Crippen MR) is 181 cm³/mol. The van der Waals surface area contributed by atoms with Gasteiger partial charge in [-0.3, -0.25) is 4.79 Å². The van der Waals surface area contributed by atoms with Gasteiger partial charge in [0, 0.05) is 62.4 Å². The molecule has 3 aromatic carbocycles. The Morgan fingerprint density at radius 3 is 2.33 bits per heavy atom. The van der Waals surface area contributed by atoms with E-state index >= 15 is 0 Å². The number of anilines is 2. The summed E-state index contributed by atoms with van der Waals surface area (Å²) in [6.07, 6.45) is 0. The Balaban J connectivity index is 1.36. The zero-order valence-electron chi connectivity index (χ0n) is 24.5. The second-order valence-corrected chi connectivity index (χ2v) is 11.3. The molecule has 1 saturated heterocycles. The summed E-state index contributed by atoms with van der Waals surface area (Å²) in [6.45, 7) is 9.43. The molecule has 0 aromatic heterocycles. The van der Waals surface area contributed by atoms with Gasteiger partial charge in [-0.1, -0.05) is 40.8 Å². The van der Waals surface area contributed by atoms with Gasteiger partial charge in [-0.2, -0.15) is 0 Å². The fourth-order valence-corrected chi connectivity index (χ4v) is 6.16. The lowest BCUT2D eigenvalue weighted by atomic mass is 10.1.